The Morgan fingerprint density at radius 3 is 2.57 bits per heavy atom. The van der Waals surface area contributed by atoms with E-state index in [2.05, 4.69) is 5.43 Å². The van der Waals surface area contributed by atoms with Crippen molar-refractivity contribution in [3.63, 3.8) is 0 Å². The molecule has 0 saturated carbocycles. The predicted octanol–water partition coefficient (Wildman–Crippen LogP) is 2.22. The molecule has 21 heavy (non-hydrogen) atoms. The number of hydrogen-bond acceptors (Lipinski definition) is 3. The van der Waals surface area contributed by atoms with E-state index >= 15 is 0 Å². The van der Waals surface area contributed by atoms with Crippen LogP contribution in [0.15, 0.2) is 24.3 Å². The second-order valence-electron chi connectivity index (χ2n) is 5.29. The van der Waals surface area contributed by atoms with Crippen molar-refractivity contribution < 1.29 is 14.7 Å². The van der Waals surface area contributed by atoms with Gasteiger partial charge in [-0.3, -0.25) is 10.2 Å². The van der Waals surface area contributed by atoms with Crippen LogP contribution in [0.25, 0.3) is 6.08 Å². The van der Waals surface area contributed by atoms with E-state index in [1.807, 2.05) is 18.0 Å². The first kappa shape index (κ1) is 15.3. The average molecular weight is 288 g/mol. The van der Waals surface area contributed by atoms with Crippen molar-refractivity contribution in [1.29, 1.82) is 0 Å². The number of piperidine rings is 1. The van der Waals surface area contributed by atoms with Crippen molar-refractivity contribution in [3.8, 4) is 0 Å². The molecule has 1 aromatic carbocycles. The van der Waals surface area contributed by atoms with Gasteiger partial charge in [0.15, 0.2) is 0 Å². The van der Waals surface area contributed by atoms with Crippen LogP contribution in [0.2, 0.25) is 0 Å². The number of aryl methyl sites for hydroxylation is 1. The lowest BCUT2D eigenvalue weighted by atomic mass is 10.1. The number of carbonyl (C=O) groups excluding carboxylic acids is 1. The molecule has 5 heteroatoms. The summed E-state index contributed by atoms with van der Waals surface area (Å²) in [6.45, 7) is 3.64. The van der Waals surface area contributed by atoms with Gasteiger partial charge < -0.3 is 5.11 Å². The van der Waals surface area contributed by atoms with Crippen LogP contribution in [0.3, 0.4) is 0 Å². The van der Waals surface area contributed by atoms with Crippen LogP contribution in [0.1, 0.15) is 40.7 Å². The average Bonchev–Trinajstić information content (AvgIpc) is 2.45. The van der Waals surface area contributed by atoms with Gasteiger partial charge in [0.2, 0.25) is 0 Å². The van der Waals surface area contributed by atoms with E-state index in [0.717, 1.165) is 37.6 Å². The van der Waals surface area contributed by atoms with Gasteiger partial charge in [0.1, 0.15) is 0 Å². The third-order valence-corrected chi connectivity index (χ3v) is 3.40. The zero-order valence-corrected chi connectivity index (χ0v) is 12.1. The summed E-state index contributed by atoms with van der Waals surface area (Å²) < 4.78 is 0. The van der Waals surface area contributed by atoms with E-state index in [4.69, 9.17) is 5.11 Å². The highest BCUT2D eigenvalue weighted by Crippen LogP contribution is 2.13. The van der Waals surface area contributed by atoms with Crippen LogP contribution in [0.5, 0.6) is 0 Å². The van der Waals surface area contributed by atoms with Crippen molar-refractivity contribution in [1.82, 2.24) is 10.4 Å². The van der Waals surface area contributed by atoms with E-state index < -0.39 is 5.97 Å². The maximum atomic E-state index is 12.3. The van der Waals surface area contributed by atoms with Crippen LogP contribution >= 0.6 is 0 Å². The number of nitrogens with one attached hydrogen (secondary N) is 1. The summed E-state index contributed by atoms with van der Waals surface area (Å²) in [5.41, 5.74) is 5.09. The maximum Gasteiger partial charge on any atom is 0.328 e. The summed E-state index contributed by atoms with van der Waals surface area (Å²) in [5, 5.41) is 10.6. The van der Waals surface area contributed by atoms with E-state index in [1.54, 1.807) is 12.1 Å². The van der Waals surface area contributed by atoms with Gasteiger partial charge in [-0.05, 0) is 49.1 Å². The van der Waals surface area contributed by atoms with Crippen molar-refractivity contribution in [3.05, 3.63) is 41.0 Å². The number of hydrogen-bond donors (Lipinski definition) is 2. The molecule has 1 saturated heterocycles. The number of carbonyl (C=O) groups is 2. The molecule has 1 amide bonds. The van der Waals surface area contributed by atoms with Gasteiger partial charge in [-0.1, -0.05) is 12.5 Å². The summed E-state index contributed by atoms with van der Waals surface area (Å²) in [5.74, 6) is -1.15. The number of carboxylic acids is 1. The molecule has 112 valence electrons. The maximum absolute atomic E-state index is 12.3. The van der Waals surface area contributed by atoms with Gasteiger partial charge in [0.25, 0.3) is 5.91 Å². The molecular formula is C16H20N2O3. The van der Waals surface area contributed by atoms with Crippen LogP contribution in [-0.4, -0.2) is 35.1 Å². The highest BCUT2D eigenvalue weighted by molar-refractivity contribution is 5.95. The van der Waals surface area contributed by atoms with Crippen LogP contribution in [0, 0.1) is 6.92 Å². The van der Waals surface area contributed by atoms with Crippen LogP contribution in [-0.2, 0) is 4.79 Å². The highest BCUT2D eigenvalue weighted by Gasteiger charge is 2.14. The first-order valence-corrected chi connectivity index (χ1v) is 7.13. The first-order valence-electron chi connectivity index (χ1n) is 7.13. The molecule has 1 aromatic rings. The predicted molar refractivity (Wildman–Crippen MR) is 80.7 cm³/mol. The largest absolute Gasteiger partial charge is 0.478 e. The minimum Gasteiger partial charge on any atom is -0.478 e. The van der Waals surface area contributed by atoms with Gasteiger partial charge in [-0.2, -0.15) is 0 Å². The molecule has 1 aliphatic rings. The number of benzene rings is 1. The second kappa shape index (κ2) is 7.04. The van der Waals surface area contributed by atoms with Crippen LogP contribution in [0.4, 0.5) is 0 Å². The Kier molecular flexibility index (Phi) is 5.11. The second-order valence-corrected chi connectivity index (χ2v) is 5.29. The molecule has 1 heterocycles. The van der Waals surface area contributed by atoms with E-state index in [1.165, 1.54) is 12.5 Å². The minimum atomic E-state index is -1.00. The fourth-order valence-corrected chi connectivity index (χ4v) is 2.42. The van der Waals surface area contributed by atoms with Gasteiger partial charge >= 0.3 is 5.97 Å². The standard InChI is InChI=1S/C16H20N2O3/c1-12-9-13(5-6-15(19)20)11-14(10-12)16(21)17-18-7-3-2-4-8-18/h5-6,9-11H,2-4,7-8H2,1H3,(H,17,21)(H,19,20)/b6-5+. The fraction of sp³-hybridized carbons (Fsp3) is 0.375. The summed E-state index contributed by atoms with van der Waals surface area (Å²) in [4.78, 5) is 22.8. The highest BCUT2D eigenvalue weighted by atomic mass is 16.4. The lowest BCUT2D eigenvalue weighted by Crippen LogP contribution is -2.45. The van der Waals surface area contributed by atoms with E-state index in [0.29, 0.717) is 11.1 Å². The fourth-order valence-electron chi connectivity index (χ4n) is 2.42. The molecule has 0 radical (unpaired) electrons. The number of nitrogens with zero attached hydrogens (tertiary/aromatic N) is 1. The topological polar surface area (TPSA) is 69.6 Å². The first-order chi connectivity index (χ1) is 10.0. The van der Waals surface area contributed by atoms with Gasteiger partial charge in [0, 0.05) is 24.7 Å². The Morgan fingerprint density at radius 2 is 1.90 bits per heavy atom. The zero-order valence-electron chi connectivity index (χ0n) is 12.1. The number of rotatable bonds is 4. The SMILES string of the molecule is Cc1cc(/C=C/C(=O)O)cc(C(=O)NN2CCCCC2)c1. The molecule has 2 N–H and O–H groups in total. The number of carboxylic acid groups (broad SMARTS) is 1. The minimum absolute atomic E-state index is 0.148. The third-order valence-electron chi connectivity index (χ3n) is 3.40. The summed E-state index contributed by atoms with van der Waals surface area (Å²) in [6.07, 6.45) is 5.97. The van der Waals surface area contributed by atoms with Gasteiger partial charge in [0.05, 0.1) is 0 Å². The molecule has 0 spiro atoms. The summed E-state index contributed by atoms with van der Waals surface area (Å²) >= 11 is 0. The zero-order chi connectivity index (χ0) is 15.2. The molecule has 5 nitrogen and oxygen atoms in total. The van der Waals surface area contributed by atoms with Gasteiger partial charge in [-0.15, -0.1) is 0 Å². The normalized spacial score (nSPS) is 16.0. The molecule has 1 fully saturated rings. The Labute approximate surface area is 124 Å². The molecule has 1 aliphatic heterocycles. The van der Waals surface area contributed by atoms with Crippen molar-refractivity contribution >= 4 is 18.0 Å². The lowest BCUT2D eigenvalue weighted by molar-refractivity contribution is -0.131. The molecule has 0 aliphatic carbocycles. The summed E-state index contributed by atoms with van der Waals surface area (Å²) in [6, 6.07) is 5.35. The van der Waals surface area contributed by atoms with Gasteiger partial charge in [-0.25, -0.2) is 9.80 Å². The Hall–Kier alpha value is -2.14. The van der Waals surface area contributed by atoms with Crippen molar-refractivity contribution in [2.75, 3.05) is 13.1 Å². The van der Waals surface area contributed by atoms with E-state index in [9.17, 15) is 9.59 Å². The smallest absolute Gasteiger partial charge is 0.328 e. The Balaban J connectivity index is 2.10. The molecule has 0 atom stereocenters. The number of amides is 1. The molecule has 0 unspecified atom stereocenters. The number of aliphatic carboxylic acids is 1. The van der Waals surface area contributed by atoms with Crippen molar-refractivity contribution in [2.24, 2.45) is 0 Å². The quantitative estimate of drug-likeness (QED) is 0.834. The lowest BCUT2D eigenvalue weighted by Gasteiger charge is -2.26. The van der Waals surface area contributed by atoms with E-state index in [-0.39, 0.29) is 5.91 Å². The monoisotopic (exact) mass is 288 g/mol. The third kappa shape index (κ3) is 4.72. The van der Waals surface area contributed by atoms with Crippen LogP contribution < -0.4 is 5.43 Å². The van der Waals surface area contributed by atoms with Crippen molar-refractivity contribution in [2.45, 2.75) is 26.2 Å². The molecule has 0 bridgehead atoms. The molecular weight excluding hydrogens is 268 g/mol. The number of hydrazine groups is 1. The molecule has 2 rings (SSSR count). The molecule has 0 aromatic heterocycles. The Bertz CT molecular complexity index is 561. The summed E-state index contributed by atoms with van der Waals surface area (Å²) in [7, 11) is 0. The Morgan fingerprint density at radius 1 is 1.19 bits per heavy atom.